The minimum atomic E-state index is 0.521. The Morgan fingerprint density at radius 3 is 2.87 bits per heavy atom. The van der Waals surface area contributed by atoms with Crippen LogP contribution in [0.3, 0.4) is 0 Å². The number of hydrogen-bond acceptors (Lipinski definition) is 5. The number of unbranched alkanes of at least 4 members (excludes halogenated alkanes) is 2. The maximum absolute atomic E-state index is 5.66. The van der Waals surface area contributed by atoms with Gasteiger partial charge in [-0.15, -0.1) is 0 Å². The molecule has 5 heteroatoms. The summed E-state index contributed by atoms with van der Waals surface area (Å²) in [6, 6.07) is 1.77. The van der Waals surface area contributed by atoms with Crippen LogP contribution in [0.2, 0.25) is 0 Å². The molecule has 0 atom stereocenters. The largest absolute Gasteiger partial charge is 0.383 e. The predicted molar refractivity (Wildman–Crippen MR) is 66.2 cm³/mol. The van der Waals surface area contributed by atoms with Gasteiger partial charge < -0.3 is 11.1 Å². The van der Waals surface area contributed by atoms with E-state index in [-0.39, 0.29) is 0 Å². The van der Waals surface area contributed by atoms with Gasteiger partial charge in [0.2, 0.25) is 0 Å². The van der Waals surface area contributed by atoms with E-state index in [1.807, 2.05) is 6.26 Å². The molecule has 0 saturated carbocycles. The summed E-state index contributed by atoms with van der Waals surface area (Å²) in [4.78, 5) is 8.40. The first-order chi connectivity index (χ1) is 7.26. The number of nitrogens with two attached hydrogens (primary N) is 1. The Hall–Kier alpha value is -0.970. The van der Waals surface area contributed by atoms with Crippen LogP contribution in [0.15, 0.2) is 11.2 Å². The summed E-state index contributed by atoms with van der Waals surface area (Å²) in [5, 5.41) is 3.97. The zero-order valence-corrected chi connectivity index (χ0v) is 10.1. The lowest BCUT2D eigenvalue weighted by molar-refractivity contribution is 0.741. The molecule has 0 fully saturated rings. The van der Waals surface area contributed by atoms with Gasteiger partial charge in [-0.2, -0.15) is 0 Å². The van der Waals surface area contributed by atoms with Crippen molar-refractivity contribution in [3.63, 3.8) is 0 Å². The molecule has 0 bridgehead atoms. The van der Waals surface area contributed by atoms with Gasteiger partial charge in [-0.3, -0.25) is 0 Å². The Morgan fingerprint density at radius 2 is 2.20 bits per heavy atom. The molecule has 1 rings (SSSR count). The third kappa shape index (κ3) is 4.38. The van der Waals surface area contributed by atoms with Gasteiger partial charge in [0.05, 0.1) is 0 Å². The third-order valence-electron chi connectivity index (χ3n) is 1.99. The van der Waals surface area contributed by atoms with E-state index in [1.165, 1.54) is 24.6 Å². The lowest BCUT2D eigenvalue weighted by atomic mass is 10.2. The Morgan fingerprint density at radius 1 is 1.40 bits per heavy atom. The molecule has 0 unspecified atom stereocenters. The molecular weight excluding hydrogens is 208 g/mol. The van der Waals surface area contributed by atoms with Crippen molar-refractivity contribution < 1.29 is 0 Å². The topological polar surface area (TPSA) is 63.8 Å². The molecule has 0 aliphatic carbocycles. The lowest BCUT2D eigenvalue weighted by Crippen LogP contribution is -2.05. The number of nitrogens with zero attached hydrogens (tertiary/aromatic N) is 2. The third-order valence-corrected chi connectivity index (χ3v) is 2.54. The molecular formula is C10H18N4S. The van der Waals surface area contributed by atoms with Gasteiger partial charge in [0.15, 0.2) is 5.16 Å². The number of anilines is 2. The number of rotatable bonds is 6. The molecule has 84 valence electrons. The quantitative estimate of drug-likeness (QED) is 0.443. The van der Waals surface area contributed by atoms with Crippen LogP contribution in [0.5, 0.6) is 0 Å². The van der Waals surface area contributed by atoms with Crippen molar-refractivity contribution in [3.8, 4) is 0 Å². The highest BCUT2D eigenvalue weighted by atomic mass is 32.2. The first-order valence-electron chi connectivity index (χ1n) is 5.18. The van der Waals surface area contributed by atoms with E-state index >= 15 is 0 Å². The number of aromatic nitrogens is 2. The summed E-state index contributed by atoms with van der Waals surface area (Å²) >= 11 is 1.50. The SMILES string of the molecule is CCCCCNc1cc(N)nc(SC)n1. The average Bonchev–Trinajstić information content (AvgIpc) is 2.23. The number of hydrogen-bond donors (Lipinski definition) is 2. The van der Waals surface area contributed by atoms with Crippen molar-refractivity contribution in [3.05, 3.63) is 6.07 Å². The van der Waals surface area contributed by atoms with Crippen LogP contribution in [0, 0.1) is 0 Å². The van der Waals surface area contributed by atoms with Crippen LogP contribution in [-0.2, 0) is 0 Å². The normalized spacial score (nSPS) is 10.3. The van der Waals surface area contributed by atoms with Crippen molar-refractivity contribution in [1.29, 1.82) is 0 Å². The van der Waals surface area contributed by atoms with Gasteiger partial charge in [0.25, 0.3) is 0 Å². The van der Waals surface area contributed by atoms with Crippen molar-refractivity contribution >= 4 is 23.4 Å². The van der Waals surface area contributed by atoms with Gasteiger partial charge in [0, 0.05) is 12.6 Å². The van der Waals surface area contributed by atoms with Gasteiger partial charge in [0.1, 0.15) is 11.6 Å². The predicted octanol–water partition coefficient (Wildman–Crippen LogP) is 2.38. The Balaban J connectivity index is 2.49. The monoisotopic (exact) mass is 226 g/mol. The zero-order valence-electron chi connectivity index (χ0n) is 9.29. The molecule has 0 spiro atoms. The van der Waals surface area contributed by atoms with Gasteiger partial charge in [-0.1, -0.05) is 31.5 Å². The molecule has 1 heterocycles. The van der Waals surface area contributed by atoms with Crippen LogP contribution in [0.4, 0.5) is 11.6 Å². The molecule has 1 aromatic rings. The van der Waals surface area contributed by atoms with E-state index in [0.29, 0.717) is 11.0 Å². The average molecular weight is 226 g/mol. The molecule has 0 saturated heterocycles. The van der Waals surface area contributed by atoms with Crippen LogP contribution in [-0.4, -0.2) is 22.8 Å². The lowest BCUT2D eigenvalue weighted by Gasteiger charge is -2.06. The van der Waals surface area contributed by atoms with Crippen LogP contribution >= 0.6 is 11.8 Å². The van der Waals surface area contributed by atoms with E-state index in [9.17, 15) is 0 Å². The van der Waals surface area contributed by atoms with Crippen LogP contribution in [0.1, 0.15) is 26.2 Å². The molecule has 0 aliphatic rings. The maximum Gasteiger partial charge on any atom is 0.191 e. The summed E-state index contributed by atoms with van der Waals surface area (Å²) in [6.45, 7) is 3.13. The van der Waals surface area contributed by atoms with Crippen molar-refractivity contribution in [2.45, 2.75) is 31.3 Å². The first kappa shape index (κ1) is 12.1. The summed E-state index contributed by atoms with van der Waals surface area (Å²) in [5.74, 6) is 1.34. The number of nitrogens with one attached hydrogen (secondary N) is 1. The highest BCUT2D eigenvalue weighted by molar-refractivity contribution is 7.98. The maximum atomic E-state index is 5.66. The number of thioether (sulfide) groups is 1. The smallest absolute Gasteiger partial charge is 0.191 e. The van der Waals surface area contributed by atoms with E-state index in [2.05, 4.69) is 22.2 Å². The number of nitrogen functional groups attached to an aromatic ring is 1. The zero-order chi connectivity index (χ0) is 11.1. The molecule has 0 aliphatic heterocycles. The molecule has 0 aromatic carbocycles. The van der Waals surface area contributed by atoms with E-state index in [1.54, 1.807) is 6.07 Å². The standard InChI is InChI=1S/C10H18N4S/c1-3-4-5-6-12-9-7-8(11)13-10(14-9)15-2/h7H,3-6H2,1-2H3,(H3,11,12,13,14). The minimum absolute atomic E-state index is 0.521. The fraction of sp³-hybridized carbons (Fsp3) is 0.600. The Labute approximate surface area is 95.1 Å². The Kier molecular flexibility index (Phi) is 5.25. The second-order valence-electron chi connectivity index (χ2n) is 3.30. The summed E-state index contributed by atoms with van der Waals surface area (Å²) in [6.07, 6.45) is 5.57. The molecule has 3 N–H and O–H groups in total. The highest BCUT2D eigenvalue weighted by Crippen LogP contribution is 2.15. The summed E-state index contributed by atoms with van der Waals surface area (Å²) < 4.78 is 0. The van der Waals surface area contributed by atoms with Gasteiger partial charge >= 0.3 is 0 Å². The van der Waals surface area contributed by atoms with Crippen LogP contribution in [0.25, 0.3) is 0 Å². The van der Waals surface area contributed by atoms with Crippen LogP contribution < -0.4 is 11.1 Å². The van der Waals surface area contributed by atoms with Gasteiger partial charge in [-0.05, 0) is 12.7 Å². The molecule has 4 nitrogen and oxygen atoms in total. The molecule has 0 radical (unpaired) electrons. The summed E-state index contributed by atoms with van der Waals surface area (Å²) in [5.41, 5.74) is 5.66. The summed E-state index contributed by atoms with van der Waals surface area (Å²) in [7, 11) is 0. The van der Waals surface area contributed by atoms with Crippen molar-refractivity contribution in [2.24, 2.45) is 0 Å². The minimum Gasteiger partial charge on any atom is -0.383 e. The van der Waals surface area contributed by atoms with E-state index < -0.39 is 0 Å². The Bertz CT molecular complexity index is 303. The van der Waals surface area contributed by atoms with Crippen molar-refractivity contribution in [2.75, 3.05) is 23.9 Å². The van der Waals surface area contributed by atoms with Gasteiger partial charge in [-0.25, -0.2) is 9.97 Å². The first-order valence-corrected chi connectivity index (χ1v) is 6.41. The second-order valence-corrected chi connectivity index (χ2v) is 4.07. The fourth-order valence-electron chi connectivity index (χ4n) is 1.22. The van der Waals surface area contributed by atoms with E-state index in [0.717, 1.165) is 18.8 Å². The molecule has 15 heavy (non-hydrogen) atoms. The molecule has 0 amide bonds. The van der Waals surface area contributed by atoms with Crippen molar-refractivity contribution in [1.82, 2.24) is 9.97 Å². The fourth-order valence-corrected chi connectivity index (χ4v) is 1.60. The molecule has 1 aromatic heterocycles. The highest BCUT2D eigenvalue weighted by Gasteiger charge is 2.00. The van der Waals surface area contributed by atoms with E-state index in [4.69, 9.17) is 5.73 Å². The second kappa shape index (κ2) is 6.50.